The molecule has 1 amide bonds. The van der Waals surface area contributed by atoms with E-state index in [0.717, 1.165) is 12.2 Å². The maximum absolute atomic E-state index is 11.5. The summed E-state index contributed by atoms with van der Waals surface area (Å²) in [5.41, 5.74) is 1.73. The van der Waals surface area contributed by atoms with Crippen LogP contribution >= 0.6 is 0 Å². The lowest BCUT2D eigenvalue weighted by molar-refractivity contribution is 0.0963. The number of nitrogens with one attached hydrogen (secondary N) is 2. The van der Waals surface area contributed by atoms with Crippen molar-refractivity contribution in [3.05, 3.63) is 29.8 Å². The van der Waals surface area contributed by atoms with E-state index >= 15 is 0 Å². The van der Waals surface area contributed by atoms with Crippen molar-refractivity contribution in [2.75, 3.05) is 18.9 Å². The lowest BCUT2D eigenvalue weighted by Gasteiger charge is -2.08. The molecule has 0 saturated carbocycles. The number of carbonyl (C=O) groups excluding carboxylic acids is 1. The minimum atomic E-state index is -0.0387. The summed E-state index contributed by atoms with van der Waals surface area (Å²) < 4.78 is 0. The Morgan fingerprint density at radius 1 is 1.11 bits per heavy atom. The smallest absolute Gasteiger partial charge is 0.251 e. The average Bonchev–Trinajstić information content (AvgIpc) is 2.46. The largest absolute Gasteiger partial charge is 0.385 e. The fourth-order valence-corrected chi connectivity index (χ4v) is 2.05. The predicted molar refractivity (Wildman–Crippen MR) is 81.7 cm³/mol. The summed E-state index contributed by atoms with van der Waals surface area (Å²) in [7, 11) is 1.65. The summed E-state index contributed by atoms with van der Waals surface area (Å²) in [6.07, 6.45) is 7.79. The second kappa shape index (κ2) is 9.42. The zero-order valence-electron chi connectivity index (χ0n) is 12.2. The van der Waals surface area contributed by atoms with E-state index < -0.39 is 0 Å². The van der Waals surface area contributed by atoms with E-state index in [-0.39, 0.29) is 5.91 Å². The summed E-state index contributed by atoms with van der Waals surface area (Å²) in [5.74, 6) is -0.0387. The van der Waals surface area contributed by atoms with Crippen molar-refractivity contribution in [3.8, 4) is 0 Å². The van der Waals surface area contributed by atoms with E-state index in [4.69, 9.17) is 0 Å². The highest BCUT2D eigenvalue weighted by molar-refractivity contribution is 5.94. The maximum Gasteiger partial charge on any atom is 0.251 e. The van der Waals surface area contributed by atoms with Gasteiger partial charge in [-0.25, -0.2) is 0 Å². The lowest BCUT2D eigenvalue weighted by Crippen LogP contribution is -2.17. The highest BCUT2D eigenvalue weighted by atomic mass is 16.1. The van der Waals surface area contributed by atoms with Crippen LogP contribution in [0.3, 0.4) is 0 Å². The van der Waals surface area contributed by atoms with Gasteiger partial charge in [0.05, 0.1) is 0 Å². The van der Waals surface area contributed by atoms with Crippen molar-refractivity contribution >= 4 is 11.6 Å². The van der Waals surface area contributed by atoms with Crippen molar-refractivity contribution in [3.63, 3.8) is 0 Å². The van der Waals surface area contributed by atoms with Gasteiger partial charge in [0.1, 0.15) is 0 Å². The minimum Gasteiger partial charge on any atom is -0.385 e. The molecule has 1 rings (SSSR count). The van der Waals surface area contributed by atoms with E-state index in [1.54, 1.807) is 7.05 Å². The number of carbonyl (C=O) groups is 1. The fraction of sp³-hybridized carbons (Fsp3) is 0.562. The average molecular weight is 262 g/mol. The Labute approximate surface area is 116 Å². The van der Waals surface area contributed by atoms with Crippen LogP contribution in [0.5, 0.6) is 0 Å². The van der Waals surface area contributed by atoms with Gasteiger partial charge >= 0.3 is 0 Å². The van der Waals surface area contributed by atoms with Crippen LogP contribution < -0.4 is 10.6 Å². The van der Waals surface area contributed by atoms with E-state index in [0.29, 0.717) is 5.56 Å². The van der Waals surface area contributed by atoms with Crippen LogP contribution in [-0.2, 0) is 0 Å². The third-order valence-electron chi connectivity index (χ3n) is 3.21. The Balaban J connectivity index is 2.24. The molecular formula is C16H26N2O. The van der Waals surface area contributed by atoms with Gasteiger partial charge in [-0.1, -0.05) is 45.1 Å². The molecule has 0 fully saturated rings. The van der Waals surface area contributed by atoms with Crippen LogP contribution in [0.2, 0.25) is 0 Å². The Bertz CT molecular complexity index is 377. The van der Waals surface area contributed by atoms with Crippen molar-refractivity contribution in [2.24, 2.45) is 0 Å². The zero-order valence-corrected chi connectivity index (χ0v) is 12.2. The number of hydrogen-bond donors (Lipinski definition) is 2. The monoisotopic (exact) mass is 262 g/mol. The molecule has 2 N–H and O–H groups in total. The first-order valence-corrected chi connectivity index (χ1v) is 7.34. The number of unbranched alkanes of at least 4 members (excludes halogenated alkanes) is 5. The molecule has 0 unspecified atom stereocenters. The van der Waals surface area contributed by atoms with E-state index in [9.17, 15) is 4.79 Å². The predicted octanol–water partition coefficient (Wildman–Crippen LogP) is 3.82. The molecule has 0 aliphatic heterocycles. The van der Waals surface area contributed by atoms with Gasteiger partial charge in [-0.05, 0) is 24.6 Å². The summed E-state index contributed by atoms with van der Waals surface area (Å²) in [6.45, 7) is 3.21. The second-order valence-corrected chi connectivity index (χ2v) is 4.85. The van der Waals surface area contributed by atoms with Crippen LogP contribution in [0.15, 0.2) is 24.3 Å². The van der Waals surface area contributed by atoms with Crippen molar-refractivity contribution in [2.45, 2.75) is 45.4 Å². The number of rotatable bonds is 9. The number of benzene rings is 1. The van der Waals surface area contributed by atoms with Crippen molar-refractivity contribution in [1.82, 2.24) is 5.32 Å². The molecular weight excluding hydrogens is 236 g/mol. The zero-order chi connectivity index (χ0) is 13.9. The molecule has 0 aromatic heterocycles. The van der Waals surface area contributed by atoms with Gasteiger partial charge < -0.3 is 10.6 Å². The molecule has 0 saturated heterocycles. The summed E-state index contributed by atoms with van der Waals surface area (Å²) in [6, 6.07) is 7.64. The third kappa shape index (κ3) is 6.27. The van der Waals surface area contributed by atoms with Gasteiger partial charge in [0.15, 0.2) is 0 Å². The first-order valence-electron chi connectivity index (χ1n) is 7.34. The molecule has 0 aliphatic carbocycles. The lowest BCUT2D eigenvalue weighted by atomic mass is 10.1. The maximum atomic E-state index is 11.5. The Kier molecular flexibility index (Phi) is 7.71. The van der Waals surface area contributed by atoms with Gasteiger partial charge in [0.2, 0.25) is 0 Å². The minimum absolute atomic E-state index is 0.0387. The molecule has 1 aromatic carbocycles. The molecule has 106 valence electrons. The first-order chi connectivity index (χ1) is 9.27. The molecule has 3 heteroatoms. The SMILES string of the molecule is CCCCCCCCNc1cccc(C(=O)NC)c1. The van der Waals surface area contributed by atoms with Crippen LogP contribution in [0.4, 0.5) is 5.69 Å². The quantitative estimate of drug-likeness (QED) is 0.664. The number of anilines is 1. The van der Waals surface area contributed by atoms with E-state index in [1.165, 1.54) is 38.5 Å². The molecule has 0 atom stereocenters. The van der Waals surface area contributed by atoms with Gasteiger partial charge in [-0.15, -0.1) is 0 Å². The molecule has 3 nitrogen and oxygen atoms in total. The highest BCUT2D eigenvalue weighted by Gasteiger charge is 2.02. The topological polar surface area (TPSA) is 41.1 Å². The van der Waals surface area contributed by atoms with Crippen LogP contribution in [0, 0.1) is 0 Å². The van der Waals surface area contributed by atoms with Crippen molar-refractivity contribution < 1.29 is 4.79 Å². The molecule has 1 aromatic rings. The van der Waals surface area contributed by atoms with E-state index in [1.807, 2.05) is 24.3 Å². The molecule has 0 spiro atoms. The Hall–Kier alpha value is -1.51. The Morgan fingerprint density at radius 2 is 1.84 bits per heavy atom. The molecule has 0 heterocycles. The van der Waals surface area contributed by atoms with Gasteiger partial charge in [-0.3, -0.25) is 4.79 Å². The standard InChI is InChI=1S/C16H26N2O/c1-3-4-5-6-7-8-12-18-15-11-9-10-14(13-15)16(19)17-2/h9-11,13,18H,3-8,12H2,1-2H3,(H,17,19). The second-order valence-electron chi connectivity index (χ2n) is 4.85. The number of hydrogen-bond acceptors (Lipinski definition) is 2. The summed E-state index contributed by atoms with van der Waals surface area (Å²) in [5, 5.41) is 6.01. The highest BCUT2D eigenvalue weighted by Crippen LogP contribution is 2.11. The van der Waals surface area contributed by atoms with Crippen LogP contribution in [0.1, 0.15) is 55.8 Å². The summed E-state index contributed by atoms with van der Waals surface area (Å²) in [4.78, 5) is 11.5. The summed E-state index contributed by atoms with van der Waals surface area (Å²) >= 11 is 0. The fourth-order valence-electron chi connectivity index (χ4n) is 2.05. The Morgan fingerprint density at radius 3 is 2.58 bits per heavy atom. The van der Waals surface area contributed by atoms with Gasteiger partial charge in [0, 0.05) is 24.8 Å². The van der Waals surface area contributed by atoms with Crippen molar-refractivity contribution in [1.29, 1.82) is 0 Å². The molecule has 0 aliphatic rings. The molecule has 19 heavy (non-hydrogen) atoms. The molecule has 0 bridgehead atoms. The molecule has 0 radical (unpaired) electrons. The van der Waals surface area contributed by atoms with E-state index in [2.05, 4.69) is 17.6 Å². The van der Waals surface area contributed by atoms with Gasteiger partial charge in [-0.2, -0.15) is 0 Å². The van der Waals surface area contributed by atoms with Crippen LogP contribution in [-0.4, -0.2) is 19.5 Å². The van der Waals surface area contributed by atoms with Gasteiger partial charge in [0.25, 0.3) is 5.91 Å². The normalized spacial score (nSPS) is 10.2. The van der Waals surface area contributed by atoms with Crippen LogP contribution in [0.25, 0.3) is 0 Å². The third-order valence-corrected chi connectivity index (χ3v) is 3.21. The number of amides is 1. The first kappa shape index (κ1) is 15.5.